The fourth-order valence-electron chi connectivity index (χ4n) is 2.72. The molecule has 0 saturated carbocycles. The van der Waals surface area contributed by atoms with Gasteiger partial charge in [0.25, 0.3) is 10.0 Å². The fourth-order valence-corrected chi connectivity index (χ4v) is 4.46. The van der Waals surface area contributed by atoms with E-state index in [1.165, 1.54) is 16.8 Å². The van der Waals surface area contributed by atoms with Gasteiger partial charge in [0.1, 0.15) is 17.1 Å². The summed E-state index contributed by atoms with van der Waals surface area (Å²) < 4.78 is 29.3. The summed E-state index contributed by atoms with van der Waals surface area (Å²) >= 11 is 1.57. The molecule has 4 rings (SSSR count). The highest BCUT2D eigenvalue weighted by Gasteiger charge is 2.16. The number of nitrogens with one attached hydrogen (secondary N) is 1. The lowest BCUT2D eigenvalue weighted by atomic mass is 10.2. The molecule has 0 aliphatic heterocycles. The Labute approximate surface area is 166 Å². The van der Waals surface area contributed by atoms with Crippen LogP contribution in [0.3, 0.4) is 0 Å². The second-order valence-electron chi connectivity index (χ2n) is 6.24. The molecule has 2 aromatic heterocycles. The van der Waals surface area contributed by atoms with Gasteiger partial charge >= 0.3 is 0 Å². The molecule has 0 radical (unpaired) electrons. The first kappa shape index (κ1) is 18.3. The Hall–Kier alpha value is -3.10. The average Bonchev–Trinajstić information content (AvgIpc) is 3.35. The second-order valence-corrected chi connectivity index (χ2v) is 8.87. The maximum atomic E-state index is 12.6. The van der Waals surface area contributed by atoms with Crippen molar-refractivity contribution in [3.8, 4) is 22.0 Å². The number of thiophene rings is 1. The Morgan fingerprint density at radius 2 is 1.86 bits per heavy atom. The van der Waals surface area contributed by atoms with Crippen LogP contribution in [0.5, 0.6) is 5.75 Å². The summed E-state index contributed by atoms with van der Waals surface area (Å²) in [7, 11) is -3.73. The van der Waals surface area contributed by atoms with Crippen LogP contribution in [0.1, 0.15) is 5.56 Å². The van der Waals surface area contributed by atoms with Crippen LogP contribution in [-0.2, 0) is 10.0 Å². The van der Waals surface area contributed by atoms with E-state index in [2.05, 4.69) is 9.82 Å². The first-order valence-corrected chi connectivity index (χ1v) is 10.8. The molecule has 6 nitrogen and oxygen atoms in total. The highest BCUT2D eigenvalue weighted by Crippen LogP contribution is 2.29. The lowest BCUT2D eigenvalue weighted by molar-refractivity contribution is 0.470. The topological polar surface area (TPSA) is 84.2 Å². The molecule has 0 unspecified atom stereocenters. The van der Waals surface area contributed by atoms with Gasteiger partial charge in [-0.1, -0.05) is 23.8 Å². The maximum absolute atomic E-state index is 12.6. The molecule has 2 heterocycles. The third-order valence-electron chi connectivity index (χ3n) is 4.17. The Balaban J connectivity index is 1.65. The van der Waals surface area contributed by atoms with Crippen molar-refractivity contribution in [2.75, 3.05) is 4.72 Å². The van der Waals surface area contributed by atoms with Crippen LogP contribution in [0.25, 0.3) is 16.3 Å². The van der Waals surface area contributed by atoms with E-state index in [9.17, 15) is 13.5 Å². The van der Waals surface area contributed by atoms with E-state index < -0.39 is 10.0 Å². The van der Waals surface area contributed by atoms with Gasteiger partial charge in [0.15, 0.2) is 0 Å². The van der Waals surface area contributed by atoms with Gasteiger partial charge in [0.2, 0.25) is 0 Å². The molecule has 28 heavy (non-hydrogen) atoms. The molecule has 0 aliphatic carbocycles. The number of aryl methyl sites for hydroxylation is 1. The summed E-state index contributed by atoms with van der Waals surface area (Å²) in [6.07, 6.45) is 1.72. The first-order chi connectivity index (χ1) is 13.4. The minimum Gasteiger partial charge on any atom is -0.506 e. The van der Waals surface area contributed by atoms with Crippen molar-refractivity contribution in [2.24, 2.45) is 0 Å². The summed E-state index contributed by atoms with van der Waals surface area (Å²) in [5, 5.41) is 16.7. The summed E-state index contributed by atoms with van der Waals surface area (Å²) in [5.41, 5.74) is 2.47. The van der Waals surface area contributed by atoms with E-state index in [-0.39, 0.29) is 10.6 Å². The Kier molecular flexibility index (Phi) is 4.66. The molecule has 2 aromatic carbocycles. The maximum Gasteiger partial charge on any atom is 0.261 e. The number of benzene rings is 2. The number of nitrogens with zero attached hydrogens (tertiary/aromatic N) is 2. The van der Waals surface area contributed by atoms with Crippen LogP contribution in [0.4, 0.5) is 5.69 Å². The first-order valence-electron chi connectivity index (χ1n) is 8.45. The minimum atomic E-state index is -3.73. The van der Waals surface area contributed by atoms with E-state index in [0.717, 1.165) is 16.1 Å². The lowest BCUT2D eigenvalue weighted by Crippen LogP contribution is -2.13. The van der Waals surface area contributed by atoms with Crippen molar-refractivity contribution < 1.29 is 13.5 Å². The summed E-state index contributed by atoms with van der Waals surface area (Å²) in [6.45, 7) is 1.89. The van der Waals surface area contributed by atoms with Crippen LogP contribution in [-0.4, -0.2) is 23.3 Å². The normalized spacial score (nSPS) is 11.5. The zero-order valence-corrected chi connectivity index (χ0v) is 16.5. The smallest absolute Gasteiger partial charge is 0.261 e. The third kappa shape index (κ3) is 3.64. The van der Waals surface area contributed by atoms with E-state index in [0.29, 0.717) is 11.4 Å². The van der Waals surface area contributed by atoms with Crippen molar-refractivity contribution in [2.45, 2.75) is 11.8 Å². The van der Waals surface area contributed by atoms with Gasteiger partial charge < -0.3 is 5.11 Å². The van der Waals surface area contributed by atoms with Gasteiger partial charge in [-0.2, -0.15) is 5.10 Å². The van der Waals surface area contributed by atoms with Crippen molar-refractivity contribution in [1.82, 2.24) is 9.78 Å². The molecule has 0 bridgehead atoms. The van der Waals surface area contributed by atoms with Gasteiger partial charge in [-0.25, -0.2) is 13.1 Å². The van der Waals surface area contributed by atoms with Crippen LogP contribution in [0.2, 0.25) is 0 Å². The van der Waals surface area contributed by atoms with Gasteiger partial charge in [0.05, 0.1) is 15.5 Å². The zero-order chi connectivity index (χ0) is 19.7. The summed E-state index contributed by atoms with van der Waals surface area (Å²) in [5.74, 6) is -0.000821. The summed E-state index contributed by atoms with van der Waals surface area (Å²) in [6, 6.07) is 16.8. The second kappa shape index (κ2) is 7.14. The predicted molar refractivity (Wildman–Crippen MR) is 111 cm³/mol. The van der Waals surface area contributed by atoms with Crippen LogP contribution < -0.4 is 4.72 Å². The highest BCUT2D eigenvalue weighted by molar-refractivity contribution is 7.92. The molecule has 2 N–H and O–H groups in total. The largest absolute Gasteiger partial charge is 0.506 e. The van der Waals surface area contributed by atoms with Crippen molar-refractivity contribution in [3.05, 3.63) is 77.8 Å². The number of phenols is 1. The van der Waals surface area contributed by atoms with Gasteiger partial charge in [0, 0.05) is 6.20 Å². The number of anilines is 1. The van der Waals surface area contributed by atoms with Crippen LogP contribution >= 0.6 is 11.3 Å². The molecule has 8 heteroatoms. The van der Waals surface area contributed by atoms with Gasteiger partial charge in [-0.3, -0.25) is 4.72 Å². The van der Waals surface area contributed by atoms with Gasteiger partial charge in [-0.05, 0) is 54.8 Å². The lowest BCUT2D eigenvalue weighted by Gasteiger charge is -2.11. The molecule has 0 spiro atoms. The predicted octanol–water partition coefficient (Wildman–Crippen LogP) is 4.42. The Morgan fingerprint density at radius 3 is 2.57 bits per heavy atom. The van der Waals surface area contributed by atoms with Crippen molar-refractivity contribution in [1.29, 1.82) is 0 Å². The molecule has 4 aromatic rings. The number of sulfonamides is 1. The average molecular weight is 412 g/mol. The molecule has 0 saturated heterocycles. The number of hydrogen-bond acceptors (Lipinski definition) is 5. The number of rotatable bonds is 5. The quantitative estimate of drug-likeness (QED) is 0.476. The van der Waals surface area contributed by atoms with E-state index in [4.69, 9.17) is 0 Å². The molecular weight excluding hydrogens is 394 g/mol. The molecule has 0 atom stereocenters. The number of hydrogen-bond donors (Lipinski definition) is 2. The monoisotopic (exact) mass is 411 g/mol. The third-order valence-corrected chi connectivity index (χ3v) is 6.46. The SMILES string of the molecule is Cc1ccc(S(=O)(=O)Nc2ccc(O)c(-n3ccc(-c4cccs4)n3)c2)cc1. The summed E-state index contributed by atoms with van der Waals surface area (Å²) in [4.78, 5) is 1.18. The number of phenolic OH excluding ortho intramolecular Hbond substituents is 1. The Morgan fingerprint density at radius 1 is 1.07 bits per heavy atom. The van der Waals surface area contributed by atoms with E-state index in [1.807, 2.05) is 30.5 Å². The van der Waals surface area contributed by atoms with Crippen LogP contribution in [0, 0.1) is 6.92 Å². The fraction of sp³-hybridized carbons (Fsp3) is 0.0500. The van der Waals surface area contributed by atoms with Gasteiger partial charge in [-0.15, -0.1) is 11.3 Å². The van der Waals surface area contributed by atoms with E-state index in [1.54, 1.807) is 47.9 Å². The molecule has 0 amide bonds. The highest BCUT2D eigenvalue weighted by atomic mass is 32.2. The van der Waals surface area contributed by atoms with E-state index >= 15 is 0 Å². The zero-order valence-electron chi connectivity index (χ0n) is 14.9. The molecule has 0 aliphatic rings. The van der Waals surface area contributed by atoms with Crippen LogP contribution in [0.15, 0.2) is 77.1 Å². The van der Waals surface area contributed by atoms with Crippen molar-refractivity contribution in [3.63, 3.8) is 0 Å². The Bertz CT molecular complexity index is 1210. The van der Waals surface area contributed by atoms with Crippen molar-refractivity contribution >= 4 is 27.0 Å². The molecule has 0 fully saturated rings. The molecule has 142 valence electrons. The molecular formula is C20H17N3O3S2. The number of aromatic hydroxyl groups is 1. The standard InChI is InChI=1S/C20H17N3O3S2/c1-14-4-7-16(8-5-14)28(25,26)22-15-6-9-19(24)18(13-15)23-11-10-17(21-23)20-3-2-12-27-20/h2-13,22,24H,1H3. The minimum absolute atomic E-state index is 0.000821. The number of aromatic nitrogens is 2.